The maximum atomic E-state index is 13.3. The minimum absolute atomic E-state index is 0.139. The fourth-order valence-corrected chi connectivity index (χ4v) is 6.69. The number of likely N-dealkylation sites (tertiary alicyclic amines) is 1. The third kappa shape index (κ3) is 4.73. The molecule has 8 heteroatoms. The molecule has 2 aliphatic rings. The highest BCUT2D eigenvalue weighted by Crippen LogP contribution is 2.37. The van der Waals surface area contributed by atoms with E-state index in [0.29, 0.717) is 29.8 Å². The number of benzene rings is 3. The molecule has 0 aliphatic carbocycles. The minimum atomic E-state index is -3.70. The summed E-state index contributed by atoms with van der Waals surface area (Å²) in [6.45, 7) is 3.54. The second-order valence-corrected chi connectivity index (χ2v) is 11.2. The van der Waals surface area contributed by atoms with Crippen molar-refractivity contribution in [3.8, 4) is 0 Å². The van der Waals surface area contributed by atoms with Crippen LogP contribution in [0.2, 0.25) is 0 Å². The van der Waals surface area contributed by atoms with Gasteiger partial charge >= 0.3 is 0 Å². The molecule has 0 spiro atoms. The fourth-order valence-electron chi connectivity index (χ4n) is 4.98. The van der Waals surface area contributed by atoms with E-state index in [0.717, 1.165) is 37.1 Å². The van der Waals surface area contributed by atoms with E-state index in [-0.39, 0.29) is 22.8 Å². The lowest BCUT2D eigenvalue weighted by Crippen LogP contribution is -2.35. The number of hydrogen-bond donors (Lipinski definition) is 1. The van der Waals surface area contributed by atoms with Crippen LogP contribution in [0.4, 0.5) is 11.4 Å². The van der Waals surface area contributed by atoms with Crippen molar-refractivity contribution in [3.63, 3.8) is 0 Å². The smallest absolute Gasteiger partial charge is 0.264 e. The van der Waals surface area contributed by atoms with Crippen molar-refractivity contribution in [2.24, 2.45) is 0 Å². The van der Waals surface area contributed by atoms with Gasteiger partial charge in [-0.05, 0) is 79.8 Å². The van der Waals surface area contributed by atoms with E-state index in [4.69, 9.17) is 0 Å². The SMILES string of the molecule is C[C@@H]1Cc2cc(C(=O)Nc3ccc(CC(=O)N4CCCC4)cc3)ccc2N1S(=O)(=O)c1ccccc1. The molecule has 3 aromatic rings. The van der Waals surface area contributed by atoms with Gasteiger partial charge in [0.05, 0.1) is 17.0 Å². The summed E-state index contributed by atoms with van der Waals surface area (Å²) in [5.74, 6) is -0.129. The van der Waals surface area contributed by atoms with Gasteiger partial charge in [0, 0.05) is 30.4 Å². The quantitative estimate of drug-likeness (QED) is 0.545. The van der Waals surface area contributed by atoms with E-state index in [2.05, 4.69) is 5.32 Å². The van der Waals surface area contributed by atoms with Crippen molar-refractivity contribution in [1.82, 2.24) is 4.90 Å². The van der Waals surface area contributed by atoms with E-state index in [1.165, 1.54) is 4.31 Å². The van der Waals surface area contributed by atoms with Crippen LogP contribution in [0.3, 0.4) is 0 Å². The molecule has 1 saturated heterocycles. The Morgan fingerprint density at radius 2 is 1.64 bits per heavy atom. The van der Waals surface area contributed by atoms with E-state index >= 15 is 0 Å². The van der Waals surface area contributed by atoms with Crippen LogP contribution in [-0.4, -0.2) is 44.3 Å². The molecule has 36 heavy (non-hydrogen) atoms. The zero-order valence-corrected chi connectivity index (χ0v) is 21.0. The summed E-state index contributed by atoms with van der Waals surface area (Å²) in [6.07, 6.45) is 3.03. The summed E-state index contributed by atoms with van der Waals surface area (Å²) in [4.78, 5) is 27.4. The van der Waals surface area contributed by atoms with Crippen LogP contribution in [0.5, 0.6) is 0 Å². The zero-order chi connectivity index (χ0) is 25.3. The largest absolute Gasteiger partial charge is 0.342 e. The first-order valence-corrected chi connectivity index (χ1v) is 13.7. The highest BCUT2D eigenvalue weighted by molar-refractivity contribution is 7.92. The summed E-state index contributed by atoms with van der Waals surface area (Å²) in [6, 6.07) is 20.6. The molecule has 0 saturated carbocycles. The molecule has 2 amide bonds. The Balaban J connectivity index is 1.28. The summed E-state index contributed by atoms with van der Waals surface area (Å²) >= 11 is 0. The molecule has 1 N–H and O–H groups in total. The van der Waals surface area contributed by atoms with Crippen LogP contribution in [0.25, 0.3) is 0 Å². The number of rotatable bonds is 6. The number of anilines is 2. The molecule has 7 nitrogen and oxygen atoms in total. The molecule has 0 radical (unpaired) electrons. The van der Waals surface area contributed by atoms with Crippen molar-refractivity contribution in [3.05, 3.63) is 89.5 Å². The Hall–Kier alpha value is -3.65. The molecule has 3 aromatic carbocycles. The number of nitrogens with one attached hydrogen (secondary N) is 1. The normalized spacial score (nSPS) is 17.2. The fraction of sp³-hybridized carbons (Fsp3) is 0.286. The molecule has 1 fully saturated rings. The average Bonchev–Trinajstić information content (AvgIpc) is 3.53. The third-order valence-electron chi connectivity index (χ3n) is 6.82. The second-order valence-electron chi connectivity index (χ2n) is 9.43. The average molecular weight is 504 g/mol. The lowest BCUT2D eigenvalue weighted by Gasteiger charge is -2.24. The van der Waals surface area contributed by atoms with Crippen molar-refractivity contribution in [1.29, 1.82) is 0 Å². The number of fused-ring (bicyclic) bond motifs is 1. The second kappa shape index (κ2) is 9.78. The molecular weight excluding hydrogens is 474 g/mol. The number of sulfonamides is 1. The molecule has 2 aliphatic heterocycles. The Bertz CT molecular complexity index is 1380. The molecule has 2 heterocycles. The first kappa shape index (κ1) is 24.1. The van der Waals surface area contributed by atoms with Crippen LogP contribution in [0.15, 0.2) is 77.7 Å². The Kier molecular flexibility index (Phi) is 6.53. The predicted octanol–water partition coefficient (Wildman–Crippen LogP) is 4.24. The first-order valence-electron chi connectivity index (χ1n) is 12.2. The van der Waals surface area contributed by atoms with Gasteiger partial charge < -0.3 is 10.2 Å². The maximum Gasteiger partial charge on any atom is 0.264 e. The highest BCUT2D eigenvalue weighted by Gasteiger charge is 2.36. The van der Waals surface area contributed by atoms with Gasteiger partial charge in [-0.1, -0.05) is 30.3 Å². The molecular formula is C28H29N3O4S. The van der Waals surface area contributed by atoms with Gasteiger partial charge in [-0.25, -0.2) is 8.42 Å². The summed E-state index contributed by atoms with van der Waals surface area (Å²) in [5, 5.41) is 2.90. The van der Waals surface area contributed by atoms with Crippen molar-refractivity contribution in [2.75, 3.05) is 22.7 Å². The van der Waals surface area contributed by atoms with Gasteiger partial charge in [-0.2, -0.15) is 0 Å². The number of carbonyl (C=O) groups excluding carboxylic acids is 2. The van der Waals surface area contributed by atoms with Crippen molar-refractivity contribution in [2.45, 2.75) is 43.5 Å². The van der Waals surface area contributed by atoms with Crippen LogP contribution < -0.4 is 9.62 Å². The van der Waals surface area contributed by atoms with Gasteiger partial charge in [0.2, 0.25) is 5.91 Å². The lowest BCUT2D eigenvalue weighted by molar-refractivity contribution is -0.129. The standard InChI is InChI=1S/C28H29N3O4S/c1-20-17-23-19-22(11-14-26(23)31(20)36(34,35)25-7-3-2-4-8-25)28(33)29-24-12-9-21(10-13-24)18-27(32)30-15-5-6-16-30/h2-4,7-14,19-20H,5-6,15-18H2,1H3,(H,29,33)/t20-/m1/s1. The van der Waals surface area contributed by atoms with E-state index in [9.17, 15) is 18.0 Å². The Morgan fingerprint density at radius 1 is 0.944 bits per heavy atom. The van der Waals surface area contributed by atoms with Gasteiger partial charge in [0.1, 0.15) is 0 Å². The molecule has 0 aromatic heterocycles. The van der Waals surface area contributed by atoms with Crippen LogP contribution in [0, 0.1) is 0 Å². The topological polar surface area (TPSA) is 86.8 Å². The van der Waals surface area contributed by atoms with E-state index in [1.54, 1.807) is 60.7 Å². The molecule has 5 rings (SSSR count). The van der Waals surface area contributed by atoms with Crippen molar-refractivity contribution < 1.29 is 18.0 Å². The molecule has 186 valence electrons. The highest BCUT2D eigenvalue weighted by atomic mass is 32.2. The van der Waals surface area contributed by atoms with Gasteiger partial charge in [-0.15, -0.1) is 0 Å². The van der Waals surface area contributed by atoms with Crippen LogP contribution >= 0.6 is 0 Å². The summed E-state index contributed by atoms with van der Waals surface area (Å²) in [7, 11) is -3.70. The predicted molar refractivity (Wildman–Crippen MR) is 140 cm³/mol. The molecule has 0 bridgehead atoms. The van der Waals surface area contributed by atoms with E-state index < -0.39 is 10.0 Å². The minimum Gasteiger partial charge on any atom is -0.342 e. The Labute approximate surface area is 211 Å². The number of nitrogens with zero attached hydrogens (tertiary/aromatic N) is 2. The van der Waals surface area contributed by atoms with Gasteiger partial charge in [-0.3, -0.25) is 13.9 Å². The Morgan fingerprint density at radius 3 is 2.33 bits per heavy atom. The monoisotopic (exact) mass is 503 g/mol. The third-order valence-corrected chi connectivity index (χ3v) is 8.76. The number of amides is 2. The van der Waals surface area contributed by atoms with Gasteiger partial charge in [0.15, 0.2) is 0 Å². The number of hydrogen-bond acceptors (Lipinski definition) is 4. The summed E-state index contributed by atoms with van der Waals surface area (Å²) < 4.78 is 28.0. The zero-order valence-electron chi connectivity index (χ0n) is 20.2. The van der Waals surface area contributed by atoms with Gasteiger partial charge in [0.25, 0.3) is 15.9 Å². The van der Waals surface area contributed by atoms with Crippen LogP contribution in [-0.2, 0) is 27.7 Å². The number of carbonyl (C=O) groups is 2. The van der Waals surface area contributed by atoms with Crippen molar-refractivity contribution >= 4 is 33.2 Å². The summed E-state index contributed by atoms with van der Waals surface area (Å²) in [5.41, 5.74) is 3.45. The maximum absolute atomic E-state index is 13.3. The first-order chi connectivity index (χ1) is 17.3. The van der Waals surface area contributed by atoms with E-state index in [1.807, 2.05) is 24.0 Å². The van der Waals surface area contributed by atoms with Crippen LogP contribution in [0.1, 0.15) is 41.3 Å². The lowest BCUT2D eigenvalue weighted by atomic mass is 10.1. The molecule has 1 atom stereocenters. The molecule has 0 unspecified atom stereocenters.